The minimum absolute atomic E-state index is 0.323. The third kappa shape index (κ3) is 3.61. The van der Waals surface area contributed by atoms with Crippen molar-refractivity contribution in [3.8, 4) is 0 Å². The van der Waals surface area contributed by atoms with Crippen LogP contribution in [0.2, 0.25) is 0 Å². The van der Waals surface area contributed by atoms with Crippen LogP contribution < -0.4 is 5.32 Å². The van der Waals surface area contributed by atoms with Crippen molar-refractivity contribution in [1.29, 1.82) is 0 Å². The average molecular weight is 349 g/mol. The van der Waals surface area contributed by atoms with Gasteiger partial charge in [0.2, 0.25) is 0 Å². The molecule has 0 saturated carbocycles. The predicted octanol–water partition coefficient (Wildman–Crippen LogP) is 3.73. The molecule has 0 saturated heterocycles. The van der Waals surface area contributed by atoms with E-state index < -0.39 is 5.54 Å². The van der Waals surface area contributed by atoms with Crippen molar-refractivity contribution in [2.45, 2.75) is 19.4 Å². The summed E-state index contributed by atoms with van der Waals surface area (Å²) in [7, 11) is 0. The number of nitrogens with zero attached hydrogens (tertiary/aromatic N) is 1. The zero-order chi connectivity index (χ0) is 15.3. The van der Waals surface area contributed by atoms with Gasteiger partial charge in [-0.25, -0.2) is 4.79 Å². The summed E-state index contributed by atoms with van der Waals surface area (Å²) in [6, 6.07) is 13.1. The van der Waals surface area contributed by atoms with E-state index in [0.717, 1.165) is 10.2 Å². The molecule has 0 amide bonds. The second kappa shape index (κ2) is 6.72. The maximum atomic E-state index is 12.4. The van der Waals surface area contributed by atoms with Gasteiger partial charge in [0.25, 0.3) is 0 Å². The Balaban J connectivity index is 2.36. The van der Waals surface area contributed by atoms with E-state index in [1.807, 2.05) is 42.5 Å². The van der Waals surface area contributed by atoms with Gasteiger partial charge in [0.05, 0.1) is 12.3 Å². The number of rotatable bonds is 5. The van der Waals surface area contributed by atoms with Crippen molar-refractivity contribution >= 4 is 27.6 Å². The van der Waals surface area contributed by atoms with E-state index in [9.17, 15) is 4.79 Å². The number of aromatic nitrogens is 1. The lowest BCUT2D eigenvalue weighted by Gasteiger charge is -2.29. The van der Waals surface area contributed by atoms with Crippen LogP contribution in [0, 0.1) is 0 Å². The van der Waals surface area contributed by atoms with Crippen LogP contribution in [0.5, 0.6) is 0 Å². The van der Waals surface area contributed by atoms with E-state index in [1.165, 1.54) is 0 Å². The van der Waals surface area contributed by atoms with Gasteiger partial charge in [0.1, 0.15) is 0 Å². The summed E-state index contributed by atoms with van der Waals surface area (Å²) in [5.41, 5.74) is 0.399. The van der Waals surface area contributed by atoms with Crippen molar-refractivity contribution in [1.82, 2.24) is 4.98 Å². The third-order valence-electron chi connectivity index (χ3n) is 3.10. The summed E-state index contributed by atoms with van der Waals surface area (Å²) in [4.78, 5) is 16.7. The minimum Gasteiger partial charge on any atom is -0.464 e. The number of carbonyl (C=O) groups excluding carboxylic acids is 1. The summed E-state index contributed by atoms with van der Waals surface area (Å²) in [6.45, 7) is 3.88. The molecular weight excluding hydrogens is 332 g/mol. The standard InChI is InChI=1S/C16H17BrN2O2/c1-3-21-15(20)16(2,14-6-4-5-11-18-14)19-13-9-7-12(17)8-10-13/h4-11,19H,3H2,1-2H3. The number of hydrogen-bond acceptors (Lipinski definition) is 4. The molecule has 2 aromatic rings. The van der Waals surface area contributed by atoms with Crippen LogP contribution in [0.1, 0.15) is 19.5 Å². The van der Waals surface area contributed by atoms with Crippen LogP contribution in [0.15, 0.2) is 53.1 Å². The number of pyridine rings is 1. The van der Waals surface area contributed by atoms with Crippen LogP contribution in [-0.4, -0.2) is 17.6 Å². The number of hydrogen-bond donors (Lipinski definition) is 1. The molecule has 1 unspecified atom stereocenters. The molecule has 1 atom stereocenters. The Hall–Kier alpha value is -1.88. The molecule has 1 heterocycles. The highest BCUT2D eigenvalue weighted by atomic mass is 79.9. The first-order valence-corrected chi connectivity index (χ1v) is 7.48. The molecular formula is C16H17BrN2O2. The third-order valence-corrected chi connectivity index (χ3v) is 3.63. The van der Waals surface area contributed by atoms with E-state index in [-0.39, 0.29) is 5.97 Å². The van der Waals surface area contributed by atoms with Gasteiger partial charge < -0.3 is 10.1 Å². The first-order chi connectivity index (χ1) is 10.1. The second-order valence-electron chi connectivity index (χ2n) is 4.69. The summed E-state index contributed by atoms with van der Waals surface area (Å²) in [5.74, 6) is -0.355. The highest BCUT2D eigenvalue weighted by Crippen LogP contribution is 2.27. The number of halogens is 1. The Labute approximate surface area is 132 Å². The molecule has 1 aromatic carbocycles. The fourth-order valence-corrected chi connectivity index (χ4v) is 2.24. The molecule has 0 radical (unpaired) electrons. The van der Waals surface area contributed by atoms with Crippen molar-refractivity contribution in [3.63, 3.8) is 0 Å². The Morgan fingerprint density at radius 3 is 2.57 bits per heavy atom. The van der Waals surface area contributed by atoms with Crippen LogP contribution in [0.25, 0.3) is 0 Å². The molecule has 0 spiro atoms. The highest BCUT2D eigenvalue weighted by Gasteiger charge is 2.38. The molecule has 0 fully saturated rings. The minimum atomic E-state index is -1.04. The maximum Gasteiger partial charge on any atom is 0.337 e. The van der Waals surface area contributed by atoms with Gasteiger partial charge >= 0.3 is 5.97 Å². The molecule has 0 bridgehead atoms. The number of anilines is 1. The Morgan fingerprint density at radius 1 is 1.29 bits per heavy atom. The summed E-state index contributed by atoms with van der Waals surface area (Å²) < 4.78 is 6.18. The normalized spacial score (nSPS) is 13.3. The quantitative estimate of drug-likeness (QED) is 0.836. The Morgan fingerprint density at radius 2 is 2.00 bits per heavy atom. The van der Waals surface area contributed by atoms with Crippen molar-refractivity contribution in [2.24, 2.45) is 0 Å². The summed E-state index contributed by atoms with van der Waals surface area (Å²) in [6.07, 6.45) is 1.66. The molecule has 0 aliphatic carbocycles. The number of ether oxygens (including phenoxy) is 1. The average Bonchev–Trinajstić information content (AvgIpc) is 2.50. The number of benzene rings is 1. The highest BCUT2D eigenvalue weighted by molar-refractivity contribution is 9.10. The van der Waals surface area contributed by atoms with Crippen LogP contribution in [0.3, 0.4) is 0 Å². The van der Waals surface area contributed by atoms with Gasteiger partial charge in [-0.1, -0.05) is 22.0 Å². The summed E-state index contributed by atoms with van der Waals surface area (Å²) in [5, 5.41) is 3.23. The topological polar surface area (TPSA) is 51.2 Å². The van der Waals surface area contributed by atoms with Crippen molar-refractivity contribution in [2.75, 3.05) is 11.9 Å². The zero-order valence-electron chi connectivity index (χ0n) is 12.0. The lowest BCUT2D eigenvalue weighted by atomic mass is 9.96. The Kier molecular flexibility index (Phi) is 4.96. The first kappa shape index (κ1) is 15.5. The van der Waals surface area contributed by atoms with E-state index in [1.54, 1.807) is 20.0 Å². The zero-order valence-corrected chi connectivity index (χ0v) is 13.6. The number of carbonyl (C=O) groups is 1. The van der Waals surface area contributed by atoms with E-state index in [4.69, 9.17) is 4.74 Å². The second-order valence-corrected chi connectivity index (χ2v) is 5.61. The monoisotopic (exact) mass is 348 g/mol. The number of esters is 1. The lowest BCUT2D eigenvalue weighted by molar-refractivity contribution is -0.148. The van der Waals surface area contributed by atoms with Gasteiger partial charge in [-0.3, -0.25) is 4.98 Å². The van der Waals surface area contributed by atoms with Crippen LogP contribution in [0.4, 0.5) is 5.69 Å². The van der Waals surface area contributed by atoms with Crippen LogP contribution in [-0.2, 0) is 15.1 Å². The van der Waals surface area contributed by atoms with Gasteiger partial charge in [-0.05, 0) is 50.2 Å². The van der Waals surface area contributed by atoms with Gasteiger partial charge in [-0.2, -0.15) is 0 Å². The molecule has 110 valence electrons. The molecule has 1 aromatic heterocycles. The fraction of sp³-hybridized carbons (Fsp3) is 0.250. The molecule has 5 heteroatoms. The molecule has 1 N–H and O–H groups in total. The molecule has 0 aliphatic rings. The number of nitrogens with one attached hydrogen (secondary N) is 1. The van der Waals surface area contributed by atoms with Gasteiger partial charge in [0.15, 0.2) is 5.54 Å². The smallest absolute Gasteiger partial charge is 0.337 e. The molecule has 4 nitrogen and oxygen atoms in total. The van der Waals surface area contributed by atoms with Gasteiger partial charge in [-0.15, -0.1) is 0 Å². The summed E-state index contributed by atoms with van der Waals surface area (Å²) >= 11 is 3.39. The largest absolute Gasteiger partial charge is 0.464 e. The maximum absolute atomic E-state index is 12.4. The molecule has 0 aliphatic heterocycles. The predicted molar refractivity (Wildman–Crippen MR) is 86.0 cm³/mol. The van der Waals surface area contributed by atoms with Crippen molar-refractivity contribution < 1.29 is 9.53 Å². The first-order valence-electron chi connectivity index (χ1n) is 6.68. The lowest BCUT2D eigenvalue weighted by Crippen LogP contribution is -2.42. The van der Waals surface area contributed by atoms with E-state index >= 15 is 0 Å². The molecule has 21 heavy (non-hydrogen) atoms. The fourth-order valence-electron chi connectivity index (χ4n) is 1.98. The SMILES string of the molecule is CCOC(=O)C(C)(Nc1ccc(Br)cc1)c1ccccn1. The van der Waals surface area contributed by atoms with Crippen LogP contribution >= 0.6 is 15.9 Å². The van der Waals surface area contributed by atoms with Crippen molar-refractivity contribution in [3.05, 3.63) is 58.8 Å². The van der Waals surface area contributed by atoms with E-state index in [2.05, 4.69) is 26.2 Å². The Bertz CT molecular complexity index is 601. The van der Waals surface area contributed by atoms with Gasteiger partial charge in [0, 0.05) is 16.4 Å². The van der Waals surface area contributed by atoms with E-state index in [0.29, 0.717) is 12.3 Å². The molecule has 2 rings (SSSR count).